The maximum absolute atomic E-state index is 10.5. The summed E-state index contributed by atoms with van der Waals surface area (Å²) < 4.78 is 0. The van der Waals surface area contributed by atoms with E-state index in [1.54, 1.807) is 0 Å². The third-order valence-corrected chi connectivity index (χ3v) is 5.23. The molecule has 1 nitrogen and oxygen atoms in total. The number of hydrogen-bond acceptors (Lipinski definition) is 2. The van der Waals surface area contributed by atoms with Crippen LogP contribution >= 0.6 is 11.8 Å². The van der Waals surface area contributed by atoms with Crippen LogP contribution in [0.25, 0.3) is 0 Å². The molecule has 2 heteroatoms. The summed E-state index contributed by atoms with van der Waals surface area (Å²) >= 11 is 1.82. The summed E-state index contributed by atoms with van der Waals surface area (Å²) in [4.78, 5) is 1.33. The molecule has 2 atom stereocenters. The van der Waals surface area contributed by atoms with Crippen molar-refractivity contribution in [1.82, 2.24) is 0 Å². The standard InChI is InChI=1S/C17H18OS/c1-12-6-2-3-7-13(12)10-15(18)17-11-14-8-4-5-9-16(14)19-17/h2-9,15,17-18H,10-11H2,1H3. The van der Waals surface area contributed by atoms with E-state index >= 15 is 0 Å². The molecule has 1 N–H and O–H groups in total. The number of thioether (sulfide) groups is 1. The van der Waals surface area contributed by atoms with Crippen molar-refractivity contribution in [2.45, 2.75) is 36.0 Å². The van der Waals surface area contributed by atoms with E-state index in [9.17, 15) is 5.11 Å². The van der Waals surface area contributed by atoms with Crippen molar-refractivity contribution in [2.24, 2.45) is 0 Å². The number of aliphatic hydroxyl groups is 1. The van der Waals surface area contributed by atoms with Gasteiger partial charge in [-0.1, -0.05) is 42.5 Å². The third-order valence-electron chi connectivity index (χ3n) is 3.79. The summed E-state index contributed by atoms with van der Waals surface area (Å²) in [5.41, 5.74) is 3.90. The highest BCUT2D eigenvalue weighted by molar-refractivity contribution is 8.00. The van der Waals surface area contributed by atoms with Gasteiger partial charge in [0.2, 0.25) is 0 Å². The van der Waals surface area contributed by atoms with E-state index < -0.39 is 0 Å². The van der Waals surface area contributed by atoms with Gasteiger partial charge in [-0.3, -0.25) is 0 Å². The van der Waals surface area contributed by atoms with Crippen molar-refractivity contribution in [1.29, 1.82) is 0 Å². The Labute approximate surface area is 118 Å². The minimum atomic E-state index is -0.279. The van der Waals surface area contributed by atoms with Crippen LogP contribution in [0.5, 0.6) is 0 Å². The van der Waals surface area contributed by atoms with Gasteiger partial charge in [-0.05, 0) is 42.5 Å². The molecule has 98 valence electrons. The molecule has 2 aromatic rings. The molecule has 0 bridgehead atoms. The normalized spacial score (nSPS) is 19.2. The molecule has 0 radical (unpaired) electrons. The monoisotopic (exact) mass is 270 g/mol. The average molecular weight is 270 g/mol. The van der Waals surface area contributed by atoms with Crippen molar-refractivity contribution in [2.75, 3.05) is 0 Å². The molecular weight excluding hydrogens is 252 g/mol. The van der Waals surface area contributed by atoms with Gasteiger partial charge in [0, 0.05) is 10.1 Å². The van der Waals surface area contributed by atoms with Crippen LogP contribution < -0.4 is 0 Å². The van der Waals surface area contributed by atoms with Crippen molar-refractivity contribution in [3.8, 4) is 0 Å². The van der Waals surface area contributed by atoms with Crippen LogP contribution in [0.3, 0.4) is 0 Å². The van der Waals surface area contributed by atoms with E-state index in [0.717, 1.165) is 12.8 Å². The van der Waals surface area contributed by atoms with E-state index in [4.69, 9.17) is 0 Å². The fourth-order valence-corrected chi connectivity index (χ4v) is 3.92. The molecule has 1 heterocycles. The zero-order chi connectivity index (χ0) is 13.2. The lowest BCUT2D eigenvalue weighted by atomic mass is 9.98. The smallest absolute Gasteiger partial charge is 0.0705 e. The van der Waals surface area contributed by atoms with Crippen LogP contribution in [0.2, 0.25) is 0 Å². The Morgan fingerprint density at radius 3 is 2.68 bits per heavy atom. The van der Waals surface area contributed by atoms with Crippen LogP contribution in [-0.2, 0) is 12.8 Å². The average Bonchev–Trinajstić information content (AvgIpc) is 2.85. The first-order valence-electron chi connectivity index (χ1n) is 6.71. The molecule has 0 aromatic heterocycles. The molecule has 0 amide bonds. The van der Waals surface area contributed by atoms with Gasteiger partial charge < -0.3 is 5.11 Å². The first-order valence-corrected chi connectivity index (χ1v) is 7.59. The summed E-state index contributed by atoms with van der Waals surface area (Å²) in [6, 6.07) is 16.8. The van der Waals surface area contributed by atoms with Crippen molar-refractivity contribution in [3.63, 3.8) is 0 Å². The maximum atomic E-state index is 10.5. The molecule has 0 spiro atoms. The Bertz CT molecular complexity index is 554. The molecule has 0 saturated heterocycles. The molecule has 0 saturated carbocycles. The predicted octanol–water partition coefficient (Wildman–Crippen LogP) is 3.62. The number of fused-ring (bicyclic) bond motifs is 1. The van der Waals surface area contributed by atoms with Gasteiger partial charge in [0.25, 0.3) is 0 Å². The second-order valence-corrected chi connectivity index (χ2v) is 6.45. The number of hydrogen-bond donors (Lipinski definition) is 1. The van der Waals surface area contributed by atoms with Crippen LogP contribution in [-0.4, -0.2) is 16.5 Å². The highest BCUT2D eigenvalue weighted by Crippen LogP contribution is 2.38. The molecule has 2 aromatic carbocycles. The molecule has 3 rings (SSSR count). The van der Waals surface area contributed by atoms with Gasteiger partial charge in [-0.15, -0.1) is 11.8 Å². The van der Waals surface area contributed by atoms with Gasteiger partial charge >= 0.3 is 0 Å². The van der Waals surface area contributed by atoms with Crippen molar-refractivity contribution < 1.29 is 5.11 Å². The maximum Gasteiger partial charge on any atom is 0.0705 e. The zero-order valence-corrected chi connectivity index (χ0v) is 11.9. The van der Waals surface area contributed by atoms with Crippen LogP contribution in [0, 0.1) is 6.92 Å². The molecular formula is C17H18OS. The Morgan fingerprint density at radius 1 is 1.16 bits per heavy atom. The Kier molecular flexibility index (Phi) is 3.63. The summed E-state index contributed by atoms with van der Waals surface area (Å²) in [5, 5.41) is 10.8. The molecule has 1 aliphatic rings. The second-order valence-electron chi connectivity index (χ2n) is 5.17. The van der Waals surface area contributed by atoms with E-state index in [0.29, 0.717) is 0 Å². The second kappa shape index (κ2) is 5.40. The van der Waals surface area contributed by atoms with Crippen molar-refractivity contribution in [3.05, 3.63) is 65.2 Å². The van der Waals surface area contributed by atoms with Crippen molar-refractivity contribution >= 4 is 11.8 Å². The first-order chi connectivity index (χ1) is 9.24. The topological polar surface area (TPSA) is 20.2 Å². The van der Waals surface area contributed by atoms with Gasteiger partial charge in [-0.2, -0.15) is 0 Å². The Morgan fingerprint density at radius 2 is 1.89 bits per heavy atom. The lowest BCUT2D eigenvalue weighted by Gasteiger charge is -2.18. The minimum absolute atomic E-state index is 0.279. The fourth-order valence-electron chi connectivity index (χ4n) is 2.62. The van der Waals surface area contributed by atoms with Gasteiger partial charge in [0.05, 0.1) is 6.10 Å². The molecule has 2 unspecified atom stereocenters. The molecule has 1 aliphatic heterocycles. The van der Waals surface area contributed by atoms with Gasteiger partial charge in [-0.25, -0.2) is 0 Å². The number of benzene rings is 2. The fraction of sp³-hybridized carbons (Fsp3) is 0.294. The minimum Gasteiger partial charge on any atom is -0.392 e. The summed E-state index contributed by atoms with van der Waals surface area (Å²) in [6.45, 7) is 2.11. The first kappa shape index (κ1) is 12.8. The van der Waals surface area contributed by atoms with E-state index in [1.165, 1.54) is 21.6 Å². The lowest BCUT2D eigenvalue weighted by molar-refractivity contribution is 0.172. The van der Waals surface area contributed by atoms with Crippen LogP contribution in [0.4, 0.5) is 0 Å². The number of rotatable bonds is 3. The molecule has 0 aliphatic carbocycles. The number of aryl methyl sites for hydroxylation is 1. The number of aliphatic hydroxyl groups excluding tert-OH is 1. The Balaban J connectivity index is 1.70. The highest BCUT2D eigenvalue weighted by Gasteiger charge is 2.28. The van der Waals surface area contributed by atoms with E-state index in [1.807, 2.05) is 23.9 Å². The Hall–Kier alpha value is -1.25. The SMILES string of the molecule is Cc1ccccc1CC(O)C1Cc2ccccc2S1. The van der Waals surface area contributed by atoms with Gasteiger partial charge in [0.15, 0.2) is 0 Å². The van der Waals surface area contributed by atoms with Gasteiger partial charge in [0.1, 0.15) is 0 Å². The van der Waals surface area contributed by atoms with E-state index in [-0.39, 0.29) is 11.4 Å². The summed E-state index contributed by atoms with van der Waals surface area (Å²) in [6.07, 6.45) is 1.45. The zero-order valence-electron chi connectivity index (χ0n) is 11.0. The van der Waals surface area contributed by atoms with Crippen LogP contribution in [0.15, 0.2) is 53.4 Å². The lowest BCUT2D eigenvalue weighted by Crippen LogP contribution is -2.25. The summed E-state index contributed by atoms with van der Waals surface area (Å²) in [5.74, 6) is 0. The molecule has 19 heavy (non-hydrogen) atoms. The largest absolute Gasteiger partial charge is 0.392 e. The third kappa shape index (κ3) is 2.70. The van der Waals surface area contributed by atoms with Crippen LogP contribution in [0.1, 0.15) is 16.7 Å². The quantitative estimate of drug-likeness (QED) is 0.919. The van der Waals surface area contributed by atoms with E-state index in [2.05, 4.69) is 43.3 Å². The highest BCUT2D eigenvalue weighted by atomic mass is 32.2. The molecule has 0 fully saturated rings. The predicted molar refractivity (Wildman–Crippen MR) is 80.7 cm³/mol. The summed E-state index contributed by atoms with van der Waals surface area (Å²) in [7, 11) is 0.